The van der Waals surface area contributed by atoms with Crippen LogP contribution in [0.2, 0.25) is 0 Å². The Hall–Kier alpha value is -3.39. The van der Waals surface area contributed by atoms with E-state index in [-0.39, 0.29) is 35.3 Å². The fourth-order valence-electron chi connectivity index (χ4n) is 6.78. The highest BCUT2D eigenvalue weighted by Gasteiger charge is 2.70. The molecule has 35 heavy (non-hydrogen) atoms. The SMILES string of the molecule is O=C1C2C(Cc3ccc(O)c(O)c3)NC3(C(=O)Nc4ccccc43)C2C(=O)N1C1CCCCCC1. The second-order valence-electron chi connectivity index (χ2n) is 10.3. The highest BCUT2D eigenvalue weighted by atomic mass is 16.3. The zero-order valence-electron chi connectivity index (χ0n) is 19.4. The van der Waals surface area contributed by atoms with Crippen LogP contribution in [0.15, 0.2) is 42.5 Å². The number of aromatic hydroxyl groups is 2. The fraction of sp³-hybridized carbons (Fsp3) is 0.444. The summed E-state index contributed by atoms with van der Waals surface area (Å²) >= 11 is 0. The topological polar surface area (TPSA) is 119 Å². The first-order chi connectivity index (χ1) is 16.9. The Balaban J connectivity index is 1.44. The summed E-state index contributed by atoms with van der Waals surface area (Å²) in [5.74, 6) is -2.78. The minimum atomic E-state index is -1.32. The van der Waals surface area contributed by atoms with Crippen molar-refractivity contribution in [3.05, 3.63) is 53.6 Å². The standard InChI is InChI=1S/C27H29N3O5/c31-20-12-11-15(14-21(20)32)13-19-22-23(25(34)30(24(22)33)16-7-3-1-2-4-8-16)27(29-19)17-9-5-6-10-18(17)28-26(27)35/h5-6,9-12,14,16,19,22-23,29,31-32H,1-4,7-8,13H2,(H,28,35). The van der Waals surface area contributed by atoms with Crippen molar-refractivity contribution in [3.63, 3.8) is 0 Å². The lowest BCUT2D eigenvalue weighted by Crippen LogP contribution is -2.54. The molecule has 1 spiro atoms. The van der Waals surface area contributed by atoms with E-state index in [1.54, 1.807) is 6.07 Å². The summed E-state index contributed by atoms with van der Waals surface area (Å²) < 4.78 is 0. The molecular formula is C27H29N3O5. The van der Waals surface area contributed by atoms with Gasteiger partial charge >= 0.3 is 0 Å². The smallest absolute Gasteiger partial charge is 0.250 e. The number of nitrogens with zero attached hydrogens (tertiary/aromatic N) is 1. The van der Waals surface area contributed by atoms with Crippen molar-refractivity contribution >= 4 is 23.4 Å². The quantitative estimate of drug-likeness (QED) is 0.308. The summed E-state index contributed by atoms with van der Waals surface area (Å²) in [6, 6.07) is 11.3. The molecule has 4 unspecified atom stereocenters. The number of carbonyl (C=O) groups is 3. The molecule has 182 valence electrons. The maximum atomic E-state index is 14.0. The Labute approximate surface area is 203 Å². The number of fused-ring (bicyclic) bond motifs is 4. The first-order valence-electron chi connectivity index (χ1n) is 12.5. The highest BCUT2D eigenvalue weighted by molar-refractivity contribution is 6.15. The van der Waals surface area contributed by atoms with Crippen molar-refractivity contribution in [2.24, 2.45) is 11.8 Å². The van der Waals surface area contributed by atoms with Crippen molar-refractivity contribution in [1.29, 1.82) is 0 Å². The number of carbonyl (C=O) groups excluding carboxylic acids is 3. The minimum Gasteiger partial charge on any atom is -0.504 e. The molecule has 4 aliphatic rings. The van der Waals surface area contributed by atoms with Gasteiger partial charge in [0.05, 0.1) is 11.8 Å². The molecule has 0 aromatic heterocycles. The second-order valence-corrected chi connectivity index (χ2v) is 10.3. The Morgan fingerprint density at radius 1 is 0.914 bits per heavy atom. The maximum absolute atomic E-state index is 14.0. The minimum absolute atomic E-state index is 0.127. The van der Waals surface area contributed by atoms with Crippen LogP contribution < -0.4 is 10.6 Å². The average Bonchev–Trinajstić information content (AvgIpc) is 3.30. The lowest BCUT2D eigenvalue weighted by atomic mass is 9.76. The number of likely N-dealkylation sites (tertiary alicyclic amines) is 1. The number of rotatable bonds is 3. The number of hydrogen-bond acceptors (Lipinski definition) is 6. The Bertz CT molecular complexity index is 1220. The van der Waals surface area contributed by atoms with Crippen LogP contribution in [0, 0.1) is 11.8 Å². The Kier molecular flexibility index (Phi) is 5.11. The van der Waals surface area contributed by atoms with Crippen LogP contribution in [-0.2, 0) is 26.3 Å². The molecule has 1 saturated carbocycles. The van der Waals surface area contributed by atoms with E-state index >= 15 is 0 Å². The van der Waals surface area contributed by atoms with Gasteiger partial charge in [0.15, 0.2) is 11.5 Å². The van der Waals surface area contributed by atoms with Gasteiger partial charge in [-0.2, -0.15) is 0 Å². The first kappa shape index (κ1) is 22.1. The van der Waals surface area contributed by atoms with Gasteiger partial charge in [-0.25, -0.2) is 0 Å². The molecule has 4 N–H and O–H groups in total. The second kappa shape index (κ2) is 8.09. The number of phenols is 2. The first-order valence-corrected chi connectivity index (χ1v) is 12.5. The van der Waals surface area contributed by atoms with E-state index in [2.05, 4.69) is 10.6 Å². The molecule has 2 aromatic carbocycles. The largest absolute Gasteiger partial charge is 0.504 e. The van der Waals surface area contributed by atoms with Gasteiger partial charge in [0.25, 0.3) is 0 Å². The van der Waals surface area contributed by atoms with Crippen molar-refractivity contribution < 1.29 is 24.6 Å². The summed E-state index contributed by atoms with van der Waals surface area (Å²) in [5, 5.41) is 26.1. The fourth-order valence-corrected chi connectivity index (χ4v) is 6.78. The van der Waals surface area contributed by atoms with E-state index in [1.807, 2.05) is 24.3 Å². The zero-order chi connectivity index (χ0) is 24.3. The third kappa shape index (κ3) is 3.19. The average molecular weight is 476 g/mol. The predicted molar refractivity (Wildman–Crippen MR) is 127 cm³/mol. The van der Waals surface area contributed by atoms with Gasteiger partial charge in [-0.05, 0) is 43.0 Å². The highest BCUT2D eigenvalue weighted by Crippen LogP contribution is 2.54. The summed E-state index contributed by atoms with van der Waals surface area (Å²) in [5.41, 5.74) is 0.727. The number of amides is 3. The molecule has 2 aromatic rings. The lowest BCUT2D eigenvalue weighted by molar-refractivity contribution is -0.145. The molecule has 1 aliphatic carbocycles. The number of anilines is 1. The van der Waals surface area contributed by atoms with E-state index in [0.717, 1.165) is 38.5 Å². The molecule has 6 rings (SSSR count). The maximum Gasteiger partial charge on any atom is 0.250 e. The van der Waals surface area contributed by atoms with E-state index in [1.165, 1.54) is 17.0 Å². The molecule has 2 saturated heterocycles. The van der Waals surface area contributed by atoms with Gasteiger partial charge in [0.1, 0.15) is 5.54 Å². The van der Waals surface area contributed by atoms with Gasteiger partial charge < -0.3 is 15.5 Å². The lowest BCUT2D eigenvalue weighted by Gasteiger charge is -2.32. The summed E-state index contributed by atoms with van der Waals surface area (Å²) in [6.07, 6.45) is 6.11. The summed E-state index contributed by atoms with van der Waals surface area (Å²) in [4.78, 5) is 43.0. The molecule has 3 aliphatic heterocycles. The van der Waals surface area contributed by atoms with Crippen LogP contribution in [0.1, 0.15) is 49.7 Å². The normalized spacial score (nSPS) is 30.5. The molecule has 8 heteroatoms. The van der Waals surface area contributed by atoms with E-state index in [0.29, 0.717) is 23.2 Å². The van der Waals surface area contributed by atoms with Crippen molar-refractivity contribution in [1.82, 2.24) is 10.2 Å². The molecule has 3 heterocycles. The molecule has 8 nitrogen and oxygen atoms in total. The van der Waals surface area contributed by atoms with Gasteiger partial charge in [-0.1, -0.05) is 49.9 Å². The van der Waals surface area contributed by atoms with Crippen LogP contribution in [0.4, 0.5) is 5.69 Å². The monoisotopic (exact) mass is 475 g/mol. The summed E-state index contributed by atoms with van der Waals surface area (Å²) in [6.45, 7) is 0. The molecule has 0 bridgehead atoms. The van der Waals surface area contributed by atoms with Crippen LogP contribution in [-0.4, -0.2) is 44.9 Å². The number of phenolic OH excluding ortho intramolecular Hbond substituents is 2. The van der Waals surface area contributed by atoms with Crippen LogP contribution in [0.5, 0.6) is 11.5 Å². The van der Waals surface area contributed by atoms with E-state index in [9.17, 15) is 24.6 Å². The van der Waals surface area contributed by atoms with Crippen molar-refractivity contribution in [2.45, 2.75) is 62.6 Å². The molecule has 4 atom stereocenters. The third-order valence-corrected chi connectivity index (χ3v) is 8.34. The van der Waals surface area contributed by atoms with Gasteiger partial charge in [0.2, 0.25) is 17.7 Å². The van der Waals surface area contributed by atoms with Crippen LogP contribution in [0.25, 0.3) is 0 Å². The van der Waals surface area contributed by atoms with Gasteiger partial charge in [-0.3, -0.25) is 24.6 Å². The third-order valence-electron chi connectivity index (χ3n) is 8.34. The van der Waals surface area contributed by atoms with E-state index in [4.69, 9.17) is 0 Å². The van der Waals surface area contributed by atoms with E-state index < -0.39 is 23.4 Å². The molecule has 3 fully saturated rings. The number of imide groups is 1. The Morgan fingerprint density at radius 2 is 1.66 bits per heavy atom. The summed E-state index contributed by atoms with van der Waals surface area (Å²) in [7, 11) is 0. The van der Waals surface area contributed by atoms with Crippen molar-refractivity contribution in [2.75, 3.05) is 5.32 Å². The number of hydrogen-bond donors (Lipinski definition) is 4. The number of para-hydroxylation sites is 1. The Morgan fingerprint density at radius 3 is 2.40 bits per heavy atom. The van der Waals surface area contributed by atoms with Crippen LogP contribution in [0.3, 0.4) is 0 Å². The molecular weight excluding hydrogens is 446 g/mol. The predicted octanol–water partition coefficient (Wildman–Crippen LogP) is 2.78. The van der Waals surface area contributed by atoms with Crippen molar-refractivity contribution in [3.8, 4) is 11.5 Å². The number of nitrogens with one attached hydrogen (secondary N) is 2. The van der Waals surface area contributed by atoms with Crippen LogP contribution >= 0.6 is 0 Å². The molecule has 3 amide bonds. The van der Waals surface area contributed by atoms with Gasteiger partial charge in [0, 0.05) is 23.3 Å². The number of benzene rings is 2. The molecule has 0 radical (unpaired) electrons. The van der Waals surface area contributed by atoms with Gasteiger partial charge in [-0.15, -0.1) is 0 Å². The zero-order valence-corrected chi connectivity index (χ0v) is 19.4.